The summed E-state index contributed by atoms with van der Waals surface area (Å²) in [6.07, 6.45) is 1.67. The maximum atomic E-state index is 12.8. The zero-order valence-corrected chi connectivity index (χ0v) is 15.6. The van der Waals surface area contributed by atoms with Gasteiger partial charge in [-0.3, -0.25) is 9.71 Å². The number of pyridine rings is 1. The van der Waals surface area contributed by atoms with Crippen LogP contribution in [0.1, 0.15) is 11.1 Å². The number of hydrogen-bond acceptors (Lipinski definition) is 6. The lowest BCUT2D eigenvalue weighted by Gasteiger charge is -2.13. The molecule has 1 N–H and O–H groups in total. The highest BCUT2D eigenvalue weighted by molar-refractivity contribution is 7.93. The Balaban J connectivity index is 1.92. The summed E-state index contributed by atoms with van der Waals surface area (Å²) in [5.74, 6) is 0.626. The van der Waals surface area contributed by atoms with Gasteiger partial charge in [-0.2, -0.15) is 0 Å². The highest BCUT2D eigenvalue weighted by Crippen LogP contribution is 2.29. The number of rotatable bonds is 5. The second kappa shape index (κ2) is 6.81. The summed E-state index contributed by atoms with van der Waals surface area (Å²) in [6, 6.07) is 8.89. The molecule has 0 aliphatic heterocycles. The van der Waals surface area contributed by atoms with Gasteiger partial charge >= 0.3 is 0 Å². The van der Waals surface area contributed by atoms with E-state index >= 15 is 0 Å². The van der Waals surface area contributed by atoms with Gasteiger partial charge in [0.05, 0.1) is 17.7 Å². The molecule has 0 atom stereocenters. The molecule has 0 saturated carbocycles. The summed E-state index contributed by atoms with van der Waals surface area (Å²) >= 11 is 1.22. The number of aryl methyl sites for hydroxylation is 2. The Kier molecular flexibility index (Phi) is 4.73. The van der Waals surface area contributed by atoms with E-state index in [9.17, 15) is 8.42 Å². The molecule has 0 radical (unpaired) electrons. The van der Waals surface area contributed by atoms with Gasteiger partial charge in [0.2, 0.25) is 0 Å². The second-order valence-corrected chi connectivity index (χ2v) is 7.93. The molecule has 25 heavy (non-hydrogen) atoms. The maximum absolute atomic E-state index is 12.8. The first-order valence-electron chi connectivity index (χ1n) is 7.45. The fourth-order valence-electron chi connectivity index (χ4n) is 2.57. The molecular weight excluding hydrogens is 358 g/mol. The lowest BCUT2D eigenvalue weighted by atomic mass is 10.1. The molecule has 2 heterocycles. The van der Waals surface area contributed by atoms with Gasteiger partial charge in [0.1, 0.15) is 11.4 Å². The molecule has 1 aromatic carbocycles. The first-order valence-corrected chi connectivity index (χ1v) is 9.82. The van der Waals surface area contributed by atoms with Crippen molar-refractivity contribution in [2.75, 3.05) is 11.8 Å². The monoisotopic (exact) mass is 375 g/mol. The zero-order chi connectivity index (χ0) is 18.0. The fraction of sp³-hybridized carbons (Fsp3) is 0.176. The summed E-state index contributed by atoms with van der Waals surface area (Å²) in [7, 11) is -2.20. The van der Waals surface area contributed by atoms with E-state index in [0.717, 1.165) is 0 Å². The summed E-state index contributed by atoms with van der Waals surface area (Å²) in [4.78, 5) is 8.78. The topological polar surface area (TPSA) is 81.2 Å². The molecular formula is C17H17N3O3S2. The standard InChI is InChI=1S/C17H17N3O3S2/c1-11-8-13(23-3)9-12(2)16(11)25(21,22)20-17-19-15(10-24-17)14-6-4-5-7-18-14/h4-10H,1-3H3,(H,19,20). The van der Waals surface area contributed by atoms with Gasteiger partial charge in [0.25, 0.3) is 10.0 Å². The Morgan fingerprint density at radius 2 is 1.84 bits per heavy atom. The third kappa shape index (κ3) is 3.64. The van der Waals surface area contributed by atoms with E-state index in [1.807, 2.05) is 18.2 Å². The van der Waals surface area contributed by atoms with Crippen LogP contribution in [-0.4, -0.2) is 25.5 Å². The molecule has 0 fully saturated rings. The molecule has 130 valence electrons. The van der Waals surface area contributed by atoms with Crippen LogP contribution >= 0.6 is 11.3 Å². The van der Waals surface area contributed by atoms with Crippen LogP contribution in [0, 0.1) is 13.8 Å². The molecule has 6 nitrogen and oxygen atoms in total. The van der Waals surface area contributed by atoms with E-state index in [1.54, 1.807) is 44.7 Å². The van der Waals surface area contributed by atoms with E-state index in [0.29, 0.717) is 33.4 Å². The Bertz CT molecular complexity index is 976. The molecule has 0 aliphatic rings. The number of benzene rings is 1. The Labute approximate surface area is 150 Å². The Hall–Kier alpha value is -2.45. The Morgan fingerprint density at radius 1 is 1.12 bits per heavy atom. The number of sulfonamides is 1. The maximum Gasteiger partial charge on any atom is 0.264 e. The highest BCUT2D eigenvalue weighted by Gasteiger charge is 2.22. The smallest absolute Gasteiger partial charge is 0.264 e. The van der Waals surface area contributed by atoms with Gasteiger partial charge in [-0.05, 0) is 49.2 Å². The van der Waals surface area contributed by atoms with Gasteiger partial charge in [-0.1, -0.05) is 6.07 Å². The average molecular weight is 375 g/mol. The number of anilines is 1. The summed E-state index contributed by atoms with van der Waals surface area (Å²) < 4.78 is 33.3. The van der Waals surface area contributed by atoms with Crippen molar-refractivity contribution in [1.29, 1.82) is 0 Å². The first kappa shape index (κ1) is 17.4. The number of nitrogens with zero attached hydrogens (tertiary/aromatic N) is 2. The van der Waals surface area contributed by atoms with Crippen molar-refractivity contribution in [3.63, 3.8) is 0 Å². The number of nitrogens with one attached hydrogen (secondary N) is 1. The predicted octanol–water partition coefficient (Wildman–Crippen LogP) is 3.63. The second-order valence-electron chi connectivity index (χ2n) is 5.45. The van der Waals surface area contributed by atoms with E-state index in [1.165, 1.54) is 11.3 Å². The molecule has 0 bridgehead atoms. The van der Waals surface area contributed by atoms with Crippen molar-refractivity contribution in [2.24, 2.45) is 0 Å². The van der Waals surface area contributed by atoms with E-state index in [2.05, 4.69) is 14.7 Å². The van der Waals surface area contributed by atoms with Gasteiger partial charge in [0, 0.05) is 11.6 Å². The lowest BCUT2D eigenvalue weighted by molar-refractivity contribution is 0.413. The average Bonchev–Trinajstić information content (AvgIpc) is 3.02. The van der Waals surface area contributed by atoms with Crippen LogP contribution in [0.4, 0.5) is 5.13 Å². The Morgan fingerprint density at radius 3 is 2.44 bits per heavy atom. The van der Waals surface area contributed by atoms with Gasteiger partial charge < -0.3 is 4.74 Å². The van der Waals surface area contributed by atoms with Crippen LogP contribution in [-0.2, 0) is 10.0 Å². The van der Waals surface area contributed by atoms with E-state index in [4.69, 9.17) is 4.74 Å². The molecule has 0 aliphatic carbocycles. The van der Waals surface area contributed by atoms with Crippen LogP contribution in [0.3, 0.4) is 0 Å². The summed E-state index contributed by atoms with van der Waals surface area (Å²) in [5.41, 5.74) is 2.56. The largest absolute Gasteiger partial charge is 0.497 e. The highest BCUT2D eigenvalue weighted by atomic mass is 32.2. The lowest BCUT2D eigenvalue weighted by Crippen LogP contribution is -2.15. The molecule has 0 spiro atoms. The third-order valence-corrected chi connectivity index (χ3v) is 6.12. The molecule has 0 unspecified atom stereocenters. The van der Waals surface area contributed by atoms with Crippen molar-refractivity contribution in [2.45, 2.75) is 18.7 Å². The van der Waals surface area contributed by atoms with Crippen LogP contribution in [0.5, 0.6) is 5.75 Å². The van der Waals surface area contributed by atoms with Crippen molar-refractivity contribution >= 4 is 26.5 Å². The van der Waals surface area contributed by atoms with E-state index < -0.39 is 10.0 Å². The number of aromatic nitrogens is 2. The van der Waals surface area contributed by atoms with Gasteiger partial charge in [0.15, 0.2) is 5.13 Å². The molecule has 2 aromatic heterocycles. The first-order chi connectivity index (χ1) is 11.9. The summed E-state index contributed by atoms with van der Waals surface area (Å²) in [6.45, 7) is 3.48. The van der Waals surface area contributed by atoms with Crippen molar-refractivity contribution in [3.8, 4) is 17.1 Å². The van der Waals surface area contributed by atoms with E-state index in [-0.39, 0.29) is 4.90 Å². The quantitative estimate of drug-likeness (QED) is 0.736. The predicted molar refractivity (Wildman–Crippen MR) is 98.6 cm³/mol. The SMILES string of the molecule is COc1cc(C)c(S(=O)(=O)Nc2nc(-c3ccccn3)cs2)c(C)c1. The number of hydrogen-bond donors (Lipinski definition) is 1. The summed E-state index contributed by atoms with van der Waals surface area (Å²) in [5, 5.41) is 2.07. The van der Waals surface area contributed by atoms with Crippen LogP contribution in [0.15, 0.2) is 46.8 Å². The molecule has 8 heteroatoms. The van der Waals surface area contributed by atoms with Gasteiger partial charge in [-0.15, -0.1) is 11.3 Å². The minimum Gasteiger partial charge on any atom is -0.497 e. The van der Waals surface area contributed by atoms with Crippen molar-refractivity contribution < 1.29 is 13.2 Å². The molecule has 3 rings (SSSR count). The van der Waals surface area contributed by atoms with Crippen molar-refractivity contribution in [1.82, 2.24) is 9.97 Å². The fourth-order valence-corrected chi connectivity index (χ4v) is 4.98. The van der Waals surface area contributed by atoms with Gasteiger partial charge in [-0.25, -0.2) is 13.4 Å². The number of methoxy groups -OCH3 is 1. The van der Waals surface area contributed by atoms with Crippen LogP contribution in [0.25, 0.3) is 11.4 Å². The zero-order valence-electron chi connectivity index (χ0n) is 14.0. The number of ether oxygens (including phenoxy) is 1. The molecule has 0 saturated heterocycles. The van der Waals surface area contributed by atoms with Crippen molar-refractivity contribution in [3.05, 3.63) is 53.0 Å². The number of thiazole rings is 1. The van der Waals surface area contributed by atoms with Crippen LogP contribution < -0.4 is 9.46 Å². The minimum atomic E-state index is -3.75. The van der Waals surface area contributed by atoms with Crippen LogP contribution in [0.2, 0.25) is 0 Å². The third-order valence-electron chi connectivity index (χ3n) is 3.59. The molecule has 0 amide bonds. The normalized spacial score (nSPS) is 11.3. The minimum absolute atomic E-state index is 0.239. The molecule has 3 aromatic rings.